The number of hydrogen-bond acceptors (Lipinski definition) is 2. The van der Waals surface area contributed by atoms with Crippen LogP contribution in [0.4, 0.5) is 0 Å². The highest BCUT2D eigenvalue weighted by atomic mass is 35.5. The Labute approximate surface area is 88.8 Å². The van der Waals surface area contributed by atoms with Crippen LogP contribution in [0.2, 0.25) is 0 Å². The van der Waals surface area contributed by atoms with Crippen molar-refractivity contribution in [2.24, 2.45) is 0 Å². The van der Waals surface area contributed by atoms with Gasteiger partial charge in [0.1, 0.15) is 12.0 Å². The topological polar surface area (TPSA) is 26.3 Å². The summed E-state index contributed by atoms with van der Waals surface area (Å²) in [5, 5.41) is 0.129. The molecule has 14 heavy (non-hydrogen) atoms. The number of alkyl halides is 1. The van der Waals surface area contributed by atoms with Crippen LogP contribution in [0.25, 0.3) is 0 Å². The highest BCUT2D eigenvalue weighted by Gasteiger charge is 1.97. The summed E-state index contributed by atoms with van der Waals surface area (Å²) in [5.41, 5.74) is 0.656. The van der Waals surface area contributed by atoms with Gasteiger partial charge in [0.2, 0.25) is 0 Å². The average molecular weight is 213 g/mol. The number of carbonyl (C=O) groups is 1. The fourth-order valence-electron chi connectivity index (χ4n) is 0.982. The predicted molar refractivity (Wildman–Crippen MR) is 57.3 cm³/mol. The molecule has 0 aliphatic heterocycles. The average Bonchev–Trinajstić information content (AvgIpc) is 2.18. The van der Waals surface area contributed by atoms with Gasteiger partial charge in [-0.05, 0) is 37.6 Å². The molecule has 0 amide bonds. The van der Waals surface area contributed by atoms with E-state index in [4.69, 9.17) is 16.3 Å². The van der Waals surface area contributed by atoms with Gasteiger partial charge in [0.05, 0.1) is 6.61 Å². The van der Waals surface area contributed by atoms with E-state index in [0.717, 1.165) is 18.5 Å². The zero-order valence-corrected chi connectivity index (χ0v) is 8.83. The molecule has 0 N–H and O–H groups in total. The SMILES string of the molecule is C[C@H](Cl)CCOc1ccc(C=O)cc1. The minimum Gasteiger partial charge on any atom is -0.494 e. The van der Waals surface area contributed by atoms with E-state index in [1.807, 2.05) is 6.92 Å². The molecule has 0 unspecified atom stereocenters. The lowest BCUT2D eigenvalue weighted by molar-refractivity contribution is 0.112. The zero-order valence-electron chi connectivity index (χ0n) is 8.07. The van der Waals surface area contributed by atoms with E-state index in [-0.39, 0.29) is 5.38 Å². The van der Waals surface area contributed by atoms with Crippen LogP contribution in [-0.4, -0.2) is 18.3 Å². The Kier molecular flexibility index (Phi) is 4.47. The second-order valence-corrected chi connectivity index (χ2v) is 3.85. The van der Waals surface area contributed by atoms with Gasteiger partial charge in [-0.15, -0.1) is 11.6 Å². The molecule has 1 aromatic carbocycles. The lowest BCUT2D eigenvalue weighted by Gasteiger charge is -2.06. The summed E-state index contributed by atoms with van der Waals surface area (Å²) in [6, 6.07) is 7.02. The molecule has 1 atom stereocenters. The molecule has 3 heteroatoms. The summed E-state index contributed by atoms with van der Waals surface area (Å²) < 4.78 is 5.42. The first-order chi connectivity index (χ1) is 6.72. The van der Waals surface area contributed by atoms with Crippen LogP contribution >= 0.6 is 11.6 Å². The summed E-state index contributed by atoms with van der Waals surface area (Å²) in [5.74, 6) is 0.771. The van der Waals surface area contributed by atoms with Gasteiger partial charge in [-0.1, -0.05) is 0 Å². The fourth-order valence-corrected chi connectivity index (χ4v) is 1.07. The van der Waals surface area contributed by atoms with Gasteiger partial charge in [0, 0.05) is 10.9 Å². The number of rotatable bonds is 5. The third-order valence-corrected chi connectivity index (χ3v) is 2.02. The normalized spacial score (nSPS) is 12.1. The maximum atomic E-state index is 10.4. The molecule has 0 spiro atoms. The molecule has 2 nitrogen and oxygen atoms in total. The molecule has 0 fully saturated rings. The van der Waals surface area contributed by atoms with Crippen LogP contribution in [0.5, 0.6) is 5.75 Å². The minimum atomic E-state index is 0.129. The van der Waals surface area contributed by atoms with Crippen LogP contribution in [0, 0.1) is 0 Å². The first-order valence-corrected chi connectivity index (χ1v) is 4.98. The molecule has 1 aromatic rings. The van der Waals surface area contributed by atoms with Crippen LogP contribution in [0.15, 0.2) is 24.3 Å². The van der Waals surface area contributed by atoms with Gasteiger partial charge in [-0.25, -0.2) is 0 Å². The minimum absolute atomic E-state index is 0.129. The Morgan fingerprint density at radius 3 is 2.57 bits per heavy atom. The first kappa shape index (κ1) is 11.1. The fraction of sp³-hybridized carbons (Fsp3) is 0.364. The monoisotopic (exact) mass is 212 g/mol. The van der Waals surface area contributed by atoms with Gasteiger partial charge in [0.15, 0.2) is 0 Å². The first-order valence-electron chi connectivity index (χ1n) is 4.54. The largest absolute Gasteiger partial charge is 0.494 e. The van der Waals surface area contributed by atoms with Crippen LogP contribution in [0.3, 0.4) is 0 Å². The number of hydrogen-bond donors (Lipinski definition) is 0. The molecule has 76 valence electrons. The van der Waals surface area contributed by atoms with Gasteiger partial charge < -0.3 is 4.74 Å². The van der Waals surface area contributed by atoms with E-state index in [2.05, 4.69) is 0 Å². The van der Waals surface area contributed by atoms with Gasteiger partial charge in [-0.3, -0.25) is 4.79 Å². The molecule has 0 aromatic heterocycles. The van der Waals surface area contributed by atoms with Crippen molar-refractivity contribution >= 4 is 17.9 Å². The third-order valence-electron chi connectivity index (χ3n) is 1.80. The standard InChI is InChI=1S/C11H13ClO2/c1-9(12)6-7-14-11-4-2-10(8-13)3-5-11/h2-5,8-9H,6-7H2,1H3/t9-/m0/s1. The molecule has 0 aliphatic rings. The predicted octanol–water partition coefficient (Wildman–Crippen LogP) is 2.90. The lowest BCUT2D eigenvalue weighted by Crippen LogP contribution is -2.02. The second-order valence-electron chi connectivity index (χ2n) is 3.10. The number of benzene rings is 1. The van der Waals surface area contributed by atoms with Gasteiger partial charge in [-0.2, -0.15) is 0 Å². The summed E-state index contributed by atoms with van der Waals surface area (Å²) in [4.78, 5) is 10.4. The molecule has 0 heterocycles. The van der Waals surface area contributed by atoms with E-state index in [1.165, 1.54) is 0 Å². The van der Waals surface area contributed by atoms with Crippen molar-refractivity contribution in [3.05, 3.63) is 29.8 Å². The maximum Gasteiger partial charge on any atom is 0.150 e. The highest BCUT2D eigenvalue weighted by Crippen LogP contribution is 2.12. The van der Waals surface area contributed by atoms with E-state index in [9.17, 15) is 4.79 Å². The maximum absolute atomic E-state index is 10.4. The third kappa shape index (κ3) is 3.79. The zero-order chi connectivity index (χ0) is 10.4. The van der Waals surface area contributed by atoms with Crippen molar-refractivity contribution < 1.29 is 9.53 Å². The van der Waals surface area contributed by atoms with Crippen molar-refractivity contribution in [3.63, 3.8) is 0 Å². The van der Waals surface area contributed by atoms with Crippen LogP contribution in [-0.2, 0) is 0 Å². The molecule has 0 radical (unpaired) electrons. The molecular weight excluding hydrogens is 200 g/mol. The molecule has 0 aliphatic carbocycles. The van der Waals surface area contributed by atoms with Crippen molar-refractivity contribution in [1.82, 2.24) is 0 Å². The Bertz CT molecular complexity index is 280. The second kappa shape index (κ2) is 5.66. The molecule has 1 rings (SSSR count). The molecular formula is C11H13ClO2. The Balaban J connectivity index is 2.40. The van der Waals surface area contributed by atoms with Crippen molar-refractivity contribution in [2.45, 2.75) is 18.7 Å². The number of halogens is 1. The number of aldehydes is 1. The van der Waals surface area contributed by atoms with Crippen LogP contribution < -0.4 is 4.74 Å². The summed E-state index contributed by atoms with van der Waals surface area (Å²) in [6.07, 6.45) is 1.63. The van der Waals surface area contributed by atoms with Crippen molar-refractivity contribution in [1.29, 1.82) is 0 Å². The summed E-state index contributed by atoms with van der Waals surface area (Å²) in [7, 11) is 0. The smallest absolute Gasteiger partial charge is 0.150 e. The quantitative estimate of drug-likeness (QED) is 0.554. The van der Waals surface area contributed by atoms with E-state index >= 15 is 0 Å². The number of ether oxygens (including phenoxy) is 1. The molecule has 0 saturated heterocycles. The Hall–Kier alpha value is -1.02. The number of carbonyl (C=O) groups excluding carboxylic acids is 1. The van der Waals surface area contributed by atoms with Gasteiger partial charge >= 0.3 is 0 Å². The van der Waals surface area contributed by atoms with E-state index in [0.29, 0.717) is 12.2 Å². The Morgan fingerprint density at radius 1 is 1.43 bits per heavy atom. The van der Waals surface area contributed by atoms with E-state index in [1.54, 1.807) is 24.3 Å². The van der Waals surface area contributed by atoms with E-state index < -0.39 is 0 Å². The Morgan fingerprint density at radius 2 is 2.07 bits per heavy atom. The summed E-state index contributed by atoms with van der Waals surface area (Å²) >= 11 is 5.77. The van der Waals surface area contributed by atoms with Crippen molar-refractivity contribution in [3.8, 4) is 5.75 Å². The van der Waals surface area contributed by atoms with Gasteiger partial charge in [0.25, 0.3) is 0 Å². The highest BCUT2D eigenvalue weighted by molar-refractivity contribution is 6.20. The van der Waals surface area contributed by atoms with Crippen molar-refractivity contribution in [2.75, 3.05) is 6.61 Å². The summed E-state index contributed by atoms with van der Waals surface area (Å²) in [6.45, 7) is 2.53. The van der Waals surface area contributed by atoms with Crippen LogP contribution in [0.1, 0.15) is 23.7 Å². The molecule has 0 bridgehead atoms. The molecule has 0 saturated carbocycles. The lowest BCUT2D eigenvalue weighted by atomic mass is 10.2.